The predicted octanol–water partition coefficient (Wildman–Crippen LogP) is 1.84. The van der Waals surface area contributed by atoms with Crippen LogP contribution in [0.1, 0.15) is 40.0 Å². The highest BCUT2D eigenvalue weighted by molar-refractivity contribution is 7.90. The van der Waals surface area contributed by atoms with Crippen molar-refractivity contribution in [1.29, 1.82) is 0 Å². The van der Waals surface area contributed by atoms with Gasteiger partial charge in [0.25, 0.3) is 0 Å². The van der Waals surface area contributed by atoms with Crippen molar-refractivity contribution in [2.45, 2.75) is 46.1 Å². The molecule has 2 atom stereocenters. The van der Waals surface area contributed by atoms with Crippen molar-refractivity contribution in [1.82, 2.24) is 5.32 Å². The first-order valence-electron chi connectivity index (χ1n) is 5.76. The Hall–Kier alpha value is -0.0900. The molecule has 0 aliphatic carbocycles. The van der Waals surface area contributed by atoms with Crippen LogP contribution in [0.15, 0.2) is 0 Å². The Morgan fingerprint density at radius 2 is 1.87 bits per heavy atom. The Balaban J connectivity index is 3.51. The standard InChI is InChI=1S/C11H25NO2S/c1-5-10(2)9-11(3)12-7-6-8-15(4,13)14/h10-12H,5-9H2,1-4H3. The third kappa shape index (κ3) is 10.2. The van der Waals surface area contributed by atoms with Crippen molar-refractivity contribution in [2.24, 2.45) is 5.92 Å². The average Bonchev–Trinajstić information content (AvgIpc) is 2.11. The summed E-state index contributed by atoms with van der Waals surface area (Å²) in [6, 6.07) is 0.486. The summed E-state index contributed by atoms with van der Waals surface area (Å²) in [5.41, 5.74) is 0. The summed E-state index contributed by atoms with van der Waals surface area (Å²) in [7, 11) is -2.79. The zero-order valence-electron chi connectivity index (χ0n) is 10.4. The molecule has 0 bridgehead atoms. The predicted molar refractivity (Wildman–Crippen MR) is 65.9 cm³/mol. The minimum absolute atomic E-state index is 0.288. The maximum atomic E-state index is 10.9. The minimum Gasteiger partial charge on any atom is -0.314 e. The molecule has 0 aliphatic heterocycles. The van der Waals surface area contributed by atoms with Gasteiger partial charge in [0, 0.05) is 12.3 Å². The van der Waals surface area contributed by atoms with Crippen LogP contribution in [0.2, 0.25) is 0 Å². The van der Waals surface area contributed by atoms with Crippen LogP contribution < -0.4 is 5.32 Å². The van der Waals surface area contributed by atoms with Crippen molar-refractivity contribution < 1.29 is 8.42 Å². The Labute approximate surface area is 94.6 Å². The molecule has 0 saturated carbocycles. The van der Waals surface area contributed by atoms with Gasteiger partial charge in [-0.2, -0.15) is 0 Å². The Morgan fingerprint density at radius 3 is 2.33 bits per heavy atom. The molecule has 3 nitrogen and oxygen atoms in total. The number of nitrogens with one attached hydrogen (secondary N) is 1. The Morgan fingerprint density at radius 1 is 1.27 bits per heavy atom. The zero-order chi connectivity index (χ0) is 11.9. The summed E-state index contributed by atoms with van der Waals surface area (Å²) in [6.07, 6.45) is 4.37. The fourth-order valence-electron chi connectivity index (χ4n) is 1.54. The van der Waals surface area contributed by atoms with Gasteiger partial charge in [-0.05, 0) is 32.2 Å². The molecule has 0 saturated heterocycles. The Bertz CT molecular complexity index is 249. The van der Waals surface area contributed by atoms with Gasteiger partial charge >= 0.3 is 0 Å². The van der Waals surface area contributed by atoms with Gasteiger partial charge in [0.1, 0.15) is 9.84 Å². The molecule has 0 fully saturated rings. The van der Waals surface area contributed by atoms with E-state index >= 15 is 0 Å². The molecule has 15 heavy (non-hydrogen) atoms. The van der Waals surface area contributed by atoms with E-state index in [0.717, 1.165) is 18.9 Å². The SMILES string of the molecule is CCC(C)CC(C)NCCCS(C)(=O)=O. The van der Waals surface area contributed by atoms with Crippen LogP contribution in [0.25, 0.3) is 0 Å². The molecule has 0 aromatic carbocycles. The molecule has 0 radical (unpaired) electrons. The second-order valence-corrected chi connectivity index (χ2v) is 6.85. The summed E-state index contributed by atoms with van der Waals surface area (Å²) in [6.45, 7) is 7.40. The van der Waals surface area contributed by atoms with Crippen LogP contribution in [0.4, 0.5) is 0 Å². The average molecular weight is 235 g/mol. The largest absolute Gasteiger partial charge is 0.314 e. The van der Waals surface area contributed by atoms with Gasteiger partial charge in [-0.15, -0.1) is 0 Å². The van der Waals surface area contributed by atoms with Gasteiger partial charge < -0.3 is 5.32 Å². The van der Waals surface area contributed by atoms with E-state index in [1.54, 1.807) is 0 Å². The van der Waals surface area contributed by atoms with E-state index < -0.39 is 9.84 Å². The third-order valence-electron chi connectivity index (χ3n) is 2.64. The first kappa shape index (κ1) is 14.9. The van der Waals surface area contributed by atoms with Gasteiger partial charge in [-0.3, -0.25) is 0 Å². The summed E-state index contributed by atoms with van der Waals surface area (Å²) in [5.74, 6) is 1.03. The van der Waals surface area contributed by atoms with Crippen LogP contribution >= 0.6 is 0 Å². The van der Waals surface area contributed by atoms with Crippen LogP contribution in [0, 0.1) is 5.92 Å². The van der Waals surface area contributed by atoms with E-state index in [1.807, 2.05) is 0 Å². The zero-order valence-corrected chi connectivity index (χ0v) is 11.2. The molecule has 0 aliphatic rings. The smallest absolute Gasteiger partial charge is 0.147 e. The lowest BCUT2D eigenvalue weighted by Gasteiger charge is -2.17. The number of hydrogen-bond acceptors (Lipinski definition) is 3. The Kier molecular flexibility index (Phi) is 7.18. The molecular formula is C11H25NO2S. The number of sulfone groups is 1. The lowest BCUT2D eigenvalue weighted by atomic mass is 10.0. The topological polar surface area (TPSA) is 46.2 Å². The first-order valence-corrected chi connectivity index (χ1v) is 7.82. The number of rotatable bonds is 8. The maximum Gasteiger partial charge on any atom is 0.147 e. The second kappa shape index (κ2) is 7.23. The van der Waals surface area contributed by atoms with Gasteiger partial charge in [0.2, 0.25) is 0 Å². The highest BCUT2D eigenvalue weighted by atomic mass is 32.2. The van der Waals surface area contributed by atoms with Crippen LogP contribution in [0.3, 0.4) is 0 Å². The van der Waals surface area contributed by atoms with Crippen molar-refractivity contribution in [3.63, 3.8) is 0 Å². The summed E-state index contributed by atoms with van der Waals surface area (Å²) >= 11 is 0. The van der Waals surface area contributed by atoms with E-state index in [2.05, 4.69) is 26.1 Å². The molecule has 0 aromatic heterocycles. The minimum atomic E-state index is -2.79. The fourth-order valence-corrected chi connectivity index (χ4v) is 2.21. The molecule has 0 amide bonds. The first-order chi connectivity index (χ1) is 6.85. The van der Waals surface area contributed by atoms with E-state index in [4.69, 9.17) is 0 Å². The van der Waals surface area contributed by atoms with Crippen molar-refractivity contribution >= 4 is 9.84 Å². The lowest BCUT2D eigenvalue weighted by Crippen LogP contribution is -2.29. The highest BCUT2D eigenvalue weighted by Crippen LogP contribution is 2.09. The van der Waals surface area contributed by atoms with Gasteiger partial charge in [0.05, 0.1) is 5.75 Å². The van der Waals surface area contributed by atoms with Crippen LogP contribution in [0.5, 0.6) is 0 Å². The molecule has 1 N–H and O–H groups in total. The fraction of sp³-hybridized carbons (Fsp3) is 1.00. The van der Waals surface area contributed by atoms with Crippen LogP contribution in [-0.4, -0.2) is 33.0 Å². The molecule has 0 heterocycles. The number of hydrogen-bond donors (Lipinski definition) is 1. The van der Waals surface area contributed by atoms with E-state index in [9.17, 15) is 8.42 Å². The summed E-state index contributed by atoms with van der Waals surface area (Å²) in [5, 5.41) is 3.36. The summed E-state index contributed by atoms with van der Waals surface area (Å²) in [4.78, 5) is 0. The molecule has 2 unspecified atom stereocenters. The molecule has 0 spiro atoms. The second-order valence-electron chi connectivity index (χ2n) is 4.59. The lowest BCUT2D eigenvalue weighted by molar-refractivity contribution is 0.413. The normalized spacial score (nSPS) is 16.3. The highest BCUT2D eigenvalue weighted by Gasteiger charge is 2.07. The van der Waals surface area contributed by atoms with Gasteiger partial charge in [0.15, 0.2) is 0 Å². The van der Waals surface area contributed by atoms with Crippen molar-refractivity contribution in [3.05, 3.63) is 0 Å². The van der Waals surface area contributed by atoms with E-state index in [0.29, 0.717) is 12.5 Å². The molecule has 0 aromatic rings. The molecule has 0 rings (SSSR count). The quantitative estimate of drug-likeness (QED) is 0.653. The molecule has 4 heteroatoms. The van der Waals surface area contributed by atoms with Crippen molar-refractivity contribution in [3.8, 4) is 0 Å². The van der Waals surface area contributed by atoms with Gasteiger partial charge in [-0.25, -0.2) is 8.42 Å². The van der Waals surface area contributed by atoms with Gasteiger partial charge in [-0.1, -0.05) is 20.3 Å². The van der Waals surface area contributed by atoms with E-state index in [-0.39, 0.29) is 5.75 Å². The maximum absolute atomic E-state index is 10.9. The monoisotopic (exact) mass is 235 g/mol. The van der Waals surface area contributed by atoms with Crippen molar-refractivity contribution in [2.75, 3.05) is 18.6 Å². The molecule has 92 valence electrons. The molecular weight excluding hydrogens is 210 g/mol. The van der Waals surface area contributed by atoms with E-state index in [1.165, 1.54) is 12.7 Å². The van der Waals surface area contributed by atoms with Crippen LogP contribution in [-0.2, 0) is 9.84 Å². The summed E-state index contributed by atoms with van der Waals surface area (Å²) < 4.78 is 21.7. The third-order valence-corrected chi connectivity index (χ3v) is 3.67.